The van der Waals surface area contributed by atoms with Crippen LogP contribution in [0.25, 0.3) is 11.0 Å². The first kappa shape index (κ1) is 20.4. The molecule has 2 heterocycles. The molecule has 1 amide bonds. The van der Waals surface area contributed by atoms with E-state index in [0.29, 0.717) is 40.4 Å². The van der Waals surface area contributed by atoms with Crippen molar-refractivity contribution in [3.63, 3.8) is 0 Å². The number of amides is 1. The van der Waals surface area contributed by atoms with E-state index < -0.39 is 12.1 Å². The minimum atomic E-state index is -0.565. The van der Waals surface area contributed by atoms with Crippen LogP contribution < -0.4 is 5.32 Å². The molecule has 0 spiro atoms. The standard InChI is InChI=1S/C20H19Cl3N4O2/c21-12-2-1-11(15(23)5-12)9-27-10-14(28)7-18(27)20(29)24-8-19-25-16-4-3-13(22)6-17(16)26-19/h1-6,14,18,28H,7-10H2,(H,24,29)(H,25,26). The zero-order valence-corrected chi connectivity index (χ0v) is 17.6. The van der Waals surface area contributed by atoms with Gasteiger partial charge in [-0.1, -0.05) is 40.9 Å². The average Bonchev–Trinajstić information content (AvgIpc) is 3.24. The van der Waals surface area contributed by atoms with E-state index in [1.807, 2.05) is 17.0 Å². The van der Waals surface area contributed by atoms with Crippen molar-refractivity contribution in [2.75, 3.05) is 6.54 Å². The third-order valence-corrected chi connectivity index (χ3v) is 5.82. The molecule has 6 nitrogen and oxygen atoms in total. The SMILES string of the molecule is O=C(NCc1nc2ccc(Cl)cc2[nH]1)C1CC(O)CN1Cc1ccc(Cl)cc1Cl. The Labute approximate surface area is 182 Å². The number of H-pyrrole nitrogens is 1. The minimum Gasteiger partial charge on any atom is -0.392 e. The van der Waals surface area contributed by atoms with E-state index in [0.717, 1.165) is 16.6 Å². The lowest BCUT2D eigenvalue weighted by Crippen LogP contribution is -2.42. The molecule has 2 aromatic carbocycles. The molecule has 9 heteroatoms. The van der Waals surface area contributed by atoms with Crippen LogP contribution in [0, 0.1) is 0 Å². The number of carbonyl (C=O) groups excluding carboxylic acids is 1. The number of imidazole rings is 1. The Hall–Kier alpha value is -1.83. The number of halogens is 3. The van der Waals surface area contributed by atoms with Crippen molar-refractivity contribution >= 4 is 51.7 Å². The predicted molar refractivity (Wildman–Crippen MR) is 114 cm³/mol. The molecule has 2 unspecified atom stereocenters. The van der Waals surface area contributed by atoms with Gasteiger partial charge in [0.15, 0.2) is 0 Å². The van der Waals surface area contributed by atoms with Gasteiger partial charge in [-0.2, -0.15) is 0 Å². The molecule has 152 valence electrons. The molecule has 1 saturated heterocycles. The van der Waals surface area contributed by atoms with Crippen LogP contribution in [-0.2, 0) is 17.9 Å². The number of nitrogens with one attached hydrogen (secondary N) is 2. The highest BCUT2D eigenvalue weighted by molar-refractivity contribution is 6.35. The van der Waals surface area contributed by atoms with Gasteiger partial charge in [0.25, 0.3) is 0 Å². The first-order valence-electron chi connectivity index (χ1n) is 9.17. The molecular formula is C20H19Cl3N4O2. The van der Waals surface area contributed by atoms with Gasteiger partial charge in [-0.25, -0.2) is 4.98 Å². The largest absolute Gasteiger partial charge is 0.392 e. The second kappa shape index (κ2) is 8.50. The number of nitrogens with zero attached hydrogens (tertiary/aromatic N) is 2. The van der Waals surface area contributed by atoms with Gasteiger partial charge in [0.1, 0.15) is 5.82 Å². The second-order valence-corrected chi connectivity index (χ2v) is 8.41. The van der Waals surface area contributed by atoms with E-state index in [1.165, 1.54) is 0 Å². The number of hydrogen-bond acceptors (Lipinski definition) is 4. The Kier molecular flexibility index (Phi) is 5.99. The van der Waals surface area contributed by atoms with E-state index >= 15 is 0 Å². The Morgan fingerprint density at radius 3 is 2.76 bits per heavy atom. The maximum absolute atomic E-state index is 12.8. The monoisotopic (exact) mass is 452 g/mol. The van der Waals surface area contributed by atoms with E-state index in [9.17, 15) is 9.90 Å². The number of benzene rings is 2. The summed E-state index contributed by atoms with van der Waals surface area (Å²) in [5.74, 6) is 0.478. The first-order valence-corrected chi connectivity index (χ1v) is 10.3. The van der Waals surface area contributed by atoms with Gasteiger partial charge in [0, 0.05) is 28.2 Å². The van der Waals surface area contributed by atoms with Crippen LogP contribution in [0.2, 0.25) is 15.1 Å². The molecule has 0 aliphatic carbocycles. The number of rotatable bonds is 5. The van der Waals surface area contributed by atoms with Crippen molar-refractivity contribution in [3.8, 4) is 0 Å². The Morgan fingerprint density at radius 2 is 1.97 bits per heavy atom. The summed E-state index contributed by atoms with van der Waals surface area (Å²) in [6, 6.07) is 10.2. The van der Waals surface area contributed by atoms with Gasteiger partial charge in [-0.15, -0.1) is 0 Å². The number of hydrogen-bond donors (Lipinski definition) is 3. The highest BCUT2D eigenvalue weighted by atomic mass is 35.5. The number of aliphatic hydroxyl groups excluding tert-OH is 1. The number of carbonyl (C=O) groups is 1. The molecule has 3 aromatic rings. The van der Waals surface area contributed by atoms with Crippen molar-refractivity contribution in [2.24, 2.45) is 0 Å². The maximum Gasteiger partial charge on any atom is 0.237 e. The molecule has 1 aromatic heterocycles. The molecule has 1 aliphatic rings. The van der Waals surface area contributed by atoms with Crippen LogP contribution in [0.15, 0.2) is 36.4 Å². The van der Waals surface area contributed by atoms with Crippen molar-refractivity contribution in [1.82, 2.24) is 20.2 Å². The van der Waals surface area contributed by atoms with Crippen molar-refractivity contribution in [3.05, 3.63) is 62.9 Å². The number of fused-ring (bicyclic) bond motifs is 1. The number of aromatic nitrogens is 2. The molecule has 3 N–H and O–H groups in total. The van der Waals surface area contributed by atoms with Crippen molar-refractivity contribution < 1.29 is 9.90 Å². The molecule has 2 atom stereocenters. The van der Waals surface area contributed by atoms with Crippen LogP contribution in [0.3, 0.4) is 0 Å². The fraction of sp³-hybridized carbons (Fsp3) is 0.300. The Balaban J connectivity index is 1.42. The summed E-state index contributed by atoms with van der Waals surface area (Å²) in [6.07, 6.45) is -0.197. The zero-order valence-electron chi connectivity index (χ0n) is 15.3. The third-order valence-electron chi connectivity index (χ3n) is 5.00. The van der Waals surface area contributed by atoms with E-state index in [4.69, 9.17) is 34.8 Å². The van der Waals surface area contributed by atoms with Crippen molar-refractivity contribution in [1.29, 1.82) is 0 Å². The van der Waals surface area contributed by atoms with Crippen LogP contribution in [0.4, 0.5) is 0 Å². The maximum atomic E-state index is 12.8. The van der Waals surface area contributed by atoms with E-state index in [2.05, 4.69) is 15.3 Å². The quantitative estimate of drug-likeness (QED) is 0.549. The van der Waals surface area contributed by atoms with Gasteiger partial charge in [0.2, 0.25) is 5.91 Å². The van der Waals surface area contributed by atoms with Gasteiger partial charge >= 0.3 is 0 Å². The smallest absolute Gasteiger partial charge is 0.237 e. The summed E-state index contributed by atoms with van der Waals surface area (Å²) in [5.41, 5.74) is 2.46. The number of aliphatic hydroxyl groups is 1. The molecule has 0 radical (unpaired) electrons. The summed E-state index contributed by atoms with van der Waals surface area (Å²) in [4.78, 5) is 22.3. The summed E-state index contributed by atoms with van der Waals surface area (Å²) in [6.45, 7) is 1.11. The van der Waals surface area contributed by atoms with Crippen LogP contribution in [0.5, 0.6) is 0 Å². The highest BCUT2D eigenvalue weighted by Crippen LogP contribution is 2.26. The summed E-state index contributed by atoms with van der Waals surface area (Å²) >= 11 is 18.2. The molecular weight excluding hydrogens is 435 g/mol. The van der Waals surface area contributed by atoms with Gasteiger partial charge in [-0.3, -0.25) is 9.69 Å². The Morgan fingerprint density at radius 1 is 1.21 bits per heavy atom. The number of β-amino-alcohol motifs (C(OH)–C–C–N with tert-alkyl or cyclic N) is 1. The normalized spacial score (nSPS) is 19.7. The minimum absolute atomic E-state index is 0.162. The second-order valence-electron chi connectivity index (χ2n) is 7.13. The molecule has 0 bridgehead atoms. The third kappa shape index (κ3) is 4.68. The Bertz CT molecular complexity index is 1060. The van der Waals surface area contributed by atoms with Gasteiger partial charge in [-0.05, 0) is 42.3 Å². The molecule has 1 fully saturated rings. The lowest BCUT2D eigenvalue weighted by Gasteiger charge is -2.23. The van der Waals surface area contributed by atoms with E-state index in [1.54, 1.807) is 24.3 Å². The van der Waals surface area contributed by atoms with Crippen LogP contribution >= 0.6 is 34.8 Å². The molecule has 4 rings (SSSR count). The molecule has 29 heavy (non-hydrogen) atoms. The zero-order chi connectivity index (χ0) is 20.5. The average molecular weight is 454 g/mol. The van der Waals surface area contributed by atoms with Crippen LogP contribution in [-0.4, -0.2) is 44.6 Å². The fourth-order valence-corrected chi connectivity index (χ4v) is 4.24. The predicted octanol–water partition coefficient (Wildman–Crippen LogP) is 3.77. The first-order chi connectivity index (χ1) is 13.9. The van der Waals surface area contributed by atoms with E-state index in [-0.39, 0.29) is 12.5 Å². The molecule has 0 saturated carbocycles. The van der Waals surface area contributed by atoms with Gasteiger partial charge in [0.05, 0.1) is 29.7 Å². The summed E-state index contributed by atoms with van der Waals surface area (Å²) < 4.78 is 0. The lowest BCUT2D eigenvalue weighted by atomic mass is 10.1. The highest BCUT2D eigenvalue weighted by Gasteiger charge is 2.36. The fourth-order valence-electron chi connectivity index (χ4n) is 3.60. The van der Waals surface area contributed by atoms with Crippen LogP contribution in [0.1, 0.15) is 17.8 Å². The van der Waals surface area contributed by atoms with Crippen molar-refractivity contribution in [2.45, 2.75) is 31.7 Å². The summed E-state index contributed by atoms with van der Waals surface area (Å²) in [5, 5.41) is 14.7. The lowest BCUT2D eigenvalue weighted by molar-refractivity contribution is -0.125. The van der Waals surface area contributed by atoms with Gasteiger partial charge < -0.3 is 15.4 Å². The number of likely N-dealkylation sites (tertiary alicyclic amines) is 1. The number of aromatic amines is 1. The topological polar surface area (TPSA) is 81.2 Å². The molecule has 1 aliphatic heterocycles. The summed E-state index contributed by atoms with van der Waals surface area (Å²) in [7, 11) is 0.